The Balaban J connectivity index is 1.55. The van der Waals surface area contributed by atoms with Gasteiger partial charge in [0, 0.05) is 28.7 Å². The summed E-state index contributed by atoms with van der Waals surface area (Å²) < 4.78 is 29.6. The number of carboxylic acid groups (broad SMARTS) is 1. The van der Waals surface area contributed by atoms with Crippen molar-refractivity contribution in [1.29, 1.82) is 0 Å². The van der Waals surface area contributed by atoms with Gasteiger partial charge in [-0.25, -0.2) is 8.42 Å². The molecule has 0 saturated carbocycles. The van der Waals surface area contributed by atoms with Crippen molar-refractivity contribution in [2.24, 2.45) is 0 Å². The molecular formula is C23H19ClN2O5S. The topological polar surface area (TPSA) is 109 Å². The standard InChI is InChI=1S/C23H19ClN2O5S/c24-18-5-1-15(2-6-18)16-3-8-20(9-4-16)32(30,31)25-21(23(28)29)14-26-12-11-17-13-19(27)7-10-22(17)26/h1-13,21,25,27H,14H2,(H,28,29). The molecule has 164 valence electrons. The van der Waals surface area contributed by atoms with Gasteiger partial charge in [-0.15, -0.1) is 0 Å². The highest BCUT2D eigenvalue weighted by atomic mass is 35.5. The molecule has 3 N–H and O–H groups in total. The number of fused-ring (bicyclic) bond motifs is 1. The summed E-state index contributed by atoms with van der Waals surface area (Å²) in [7, 11) is -4.08. The molecule has 0 bridgehead atoms. The van der Waals surface area contributed by atoms with Crippen LogP contribution in [0.2, 0.25) is 5.02 Å². The van der Waals surface area contributed by atoms with Crippen LogP contribution in [-0.2, 0) is 21.4 Å². The largest absolute Gasteiger partial charge is 0.508 e. The number of hydrogen-bond acceptors (Lipinski definition) is 4. The molecule has 4 aromatic rings. The molecule has 1 atom stereocenters. The first-order chi connectivity index (χ1) is 15.2. The van der Waals surface area contributed by atoms with Gasteiger partial charge in [-0.1, -0.05) is 35.9 Å². The number of phenols is 1. The molecule has 7 nitrogen and oxygen atoms in total. The summed E-state index contributed by atoms with van der Waals surface area (Å²) in [5.74, 6) is -1.21. The maximum Gasteiger partial charge on any atom is 0.323 e. The van der Waals surface area contributed by atoms with E-state index in [9.17, 15) is 23.4 Å². The number of halogens is 1. The Labute approximate surface area is 189 Å². The molecule has 4 rings (SSSR count). The van der Waals surface area contributed by atoms with E-state index in [1.54, 1.807) is 53.2 Å². The molecule has 32 heavy (non-hydrogen) atoms. The quantitative estimate of drug-likeness (QED) is 0.377. The van der Waals surface area contributed by atoms with E-state index >= 15 is 0 Å². The molecule has 9 heteroatoms. The normalized spacial score (nSPS) is 12.7. The highest BCUT2D eigenvalue weighted by molar-refractivity contribution is 7.89. The van der Waals surface area contributed by atoms with Gasteiger partial charge in [0.1, 0.15) is 11.8 Å². The number of hydrogen-bond donors (Lipinski definition) is 3. The van der Waals surface area contributed by atoms with E-state index in [0.717, 1.165) is 16.5 Å². The van der Waals surface area contributed by atoms with Crippen LogP contribution in [0.5, 0.6) is 5.75 Å². The molecule has 3 aromatic carbocycles. The van der Waals surface area contributed by atoms with Crippen molar-refractivity contribution < 1.29 is 23.4 Å². The van der Waals surface area contributed by atoms with Crippen LogP contribution in [0.15, 0.2) is 83.9 Å². The molecule has 0 spiro atoms. The Morgan fingerprint density at radius 2 is 1.59 bits per heavy atom. The Hall–Kier alpha value is -3.33. The van der Waals surface area contributed by atoms with Crippen molar-refractivity contribution in [3.63, 3.8) is 0 Å². The van der Waals surface area contributed by atoms with Crippen molar-refractivity contribution >= 4 is 38.5 Å². The molecule has 0 radical (unpaired) electrons. The van der Waals surface area contributed by atoms with Gasteiger partial charge in [-0.3, -0.25) is 4.79 Å². The summed E-state index contributed by atoms with van der Waals surface area (Å²) in [5, 5.41) is 20.5. The highest BCUT2D eigenvalue weighted by Gasteiger charge is 2.26. The van der Waals surface area contributed by atoms with E-state index < -0.39 is 22.0 Å². The number of benzene rings is 3. The number of nitrogens with one attached hydrogen (secondary N) is 1. The molecule has 0 aliphatic heterocycles. The number of sulfonamides is 1. The van der Waals surface area contributed by atoms with Crippen LogP contribution in [-0.4, -0.2) is 35.2 Å². The Morgan fingerprint density at radius 1 is 0.969 bits per heavy atom. The van der Waals surface area contributed by atoms with E-state index in [1.807, 2.05) is 12.1 Å². The lowest BCUT2D eigenvalue weighted by atomic mass is 10.1. The fourth-order valence-corrected chi connectivity index (χ4v) is 4.74. The monoisotopic (exact) mass is 470 g/mol. The van der Waals surface area contributed by atoms with Crippen LogP contribution < -0.4 is 4.72 Å². The Kier molecular flexibility index (Phi) is 5.92. The fourth-order valence-electron chi connectivity index (χ4n) is 3.43. The van der Waals surface area contributed by atoms with Gasteiger partial charge in [0.15, 0.2) is 0 Å². The van der Waals surface area contributed by atoms with Crippen molar-refractivity contribution in [3.05, 3.63) is 84.0 Å². The molecule has 0 aliphatic carbocycles. The van der Waals surface area contributed by atoms with Gasteiger partial charge >= 0.3 is 5.97 Å². The SMILES string of the molecule is O=C(O)C(Cn1ccc2cc(O)ccc21)NS(=O)(=O)c1ccc(-c2ccc(Cl)cc2)cc1. The molecule has 0 fully saturated rings. The molecular weight excluding hydrogens is 452 g/mol. The number of aliphatic carboxylic acids is 1. The van der Waals surface area contributed by atoms with E-state index in [-0.39, 0.29) is 17.2 Å². The first-order valence-corrected chi connectivity index (χ1v) is 11.5. The van der Waals surface area contributed by atoms with Crippen molar-refractivity contribution in [1.82, 2.24) is 9.29 Å². The molecule has 0 amide bonds. The number of aromatic hydroxyl groups is 1. The van der Waals surface area contributed by atoms with Crippen LogP contribution in [0, 0.1) is 0 Å². The lowest BCUT2D eigenvalue weighted by molar-refractivity contribution is -0.139. The average molecular weight is 471 g/mol. The minimum Gasteiger partial charge on any atom is -0.508 e. The van der Waals surface area contributed by atoms with Crippen molar-refractivity contribution in [3.8, 4) is 16.9 Å². The van der Waals surface area contributed by atoms with Crippen LogP contribution in [0.4, 0.5) is 0 Å². The third-order valence-electron chi connectivity index (χ3n) is 5.07. The molecule has 1 heterocycles. The first kappa shape index (κ1) is 21.9. The molecule has 0 aliphatic rings. The number of carbonyl (C=O) groups is 1. The van der Waals surface area contributed by atoms with Gasteiger partial charge in [-0.2, -0.15) is 4.72 Å². The number of phenolic OH excluding ortho intramolecular Hbond substituents is 1. The molecule has 1 unspecified atom stereocenters. The molecule has 0 saturated heterocycles. The summed E-state index contributed by atoms with van der Waals surface area (Å²) in [5.41, 5.74) is 2.36. The molecule has 1 aromatic heterocycles. The van der Waals surface area contributed by atoms with Crippen LogP contribution in [0.1, 0.15) is 0 Å². The number of nitrogens with zero attached hydrogens (tertiary/aromatic N) is 1. The van der Waals surface area contributed by atoms with E-state index in [0.29, 0.717) is 10.5 Å². The van der Waals surface area contributed by atoms with Crippen LogP contribution in [0.25, 0.3) is 22.0 Å². The van der Waals surface area contributed by atoms with Gasteiger partial charge in [-0.05, 0) is 59.7 Å². The van der Waals surface area contributed by atoms with E-state index in [4.69, 9.17) is 11.6 Å². The third kappa shape index (κ3) is 4.62. The zero-order chi connectivity index (χ0) is 22.9. The maximum absolute atomic E-state index is 12.8. The number of aromatic nitrogens is 1. The lowest BCUT2D eigenvalue weighted by Crippen LogP contribution is -2.43. The predicted octanol–water partition coefficient (Wildman–Crippen LogP) is 4.10. The summed E-state index contributed by atoms with van der Waals surface area (Å²) in [4.78, 5) is 11.8. The van der Waals surface area contributed by atoms with Crippen molar-refractivity contribution in [2.75, 3.05) is 0 Å². The van der Waals surface area contributed by atoms with Gasteiger partial charge in [0.25, 0.3) is 0 Å². The van der Waals surface area contributed by atoms with Crippen LogP contribution in [0.3, 0.4) is 0 Å². The number of rotatable bonds is 7. The summed E-state index contributed by atoms with van der Waals surface area (Å²) in [6.45, 7) is -0.119. The second-order valence-corrected chi connectivity index (χ2v) is 9.41. The Morgan fingerprint density at radius 3 is 2.22 bits per heavy atom. The maximum atomic E-state index is 12.8. The highest BCUT2D eigenvalue weighted by Crippen LogP contribution is 2.24. The second-order valence-electron chi connectivity index (χ2n) is 7.25. The van der Waals surface area contributed by atoms with Gasteiger partial charge in [0.2, 0.25) is 10.0 Å². The smallest absolute Gasteiger partial charge is 0.323 e. The number of carboxylic acids is 1. The second kappa shape index (κ2) is 8.66. The van der Waals surface area contributed by atoms with Crippen molar-refractivity contribution in [2.45, 2.75) is 17.5 Å². The Bertz CT molecular complexity index is 1380. The summed E-state index contributed by atoms with van der Waals surface area (Å²) in [6, 6.07) is 18.3. The average Bonchev–Trinajstić information content (AvgIpc) is 3.15. The lowest BCUT2D eigenvalue weighted by Gasteiger charge is -2.16. The van der Waals surface area contributed by atoms with E-state index in [1.165, 1.54) is 18.2 Å². The fraction of sp³-hybridized carbons (Fsp3) is 0.0870. The van der Waals surface area contributed by atoms with Gasteiger partial charge in [0.05, 0.1) is 4.90 Å². The first-order valence-electron chi connectivity index (χ1n) is 9.62. The third-order valence-corrected chi connectivity index (χ3v) is 6.81. The minimum atomic E-state index is -4.08. The van der Waals surface area contributed by atoms with Crippen LogP contribution >= 0.6 is 11.6 Å². The predicted molar refractivity (Wildman–Crippen MR) is 122 cm³/mol. The zero-order valence-electron chi connectivity index (χ0n) is 16.6. The van der Waals surface area contributed by atoms with Gasteiger partial charge < -0.3 is 14.8 Å². The van der Waals surface area contributed by atoms with E-state index in [2.05, 4.69) is 4.72 Å². The zero-order valence-corrected chi connectivity index (χ0v) is 18.2. The minimum absolute atomic E-state index is 0.0382. The summed E-state index contributed by atoms with van der Waals surface area (Å²) >= 11 is 5.90. The summed E-state index contributed by atoms with van der Waals surface area (Å²) in [6.07, 6.45) is 1.65.